The van der Waals surface area contributed by atoms with Crippen molar-refractivity contribution >= 4 is 11.6 Å². The van der Waals surface area contributed by atoms with Crippen LogP contribution < -0.4 is 15.5 Å². The fraction of sp³-hybridized carbons (Fsp3) is 0.714. The van der Waals surface area contributed by atoms with Crippen molar-refractivity contribution in [3.63, 3.8) is 0 Å². The Bertz CT molecular complexity index is 422. The first kappa shape index (κ1) is 12.7. The third kappa shape index (κ3) is 3.15. The Balaban J connectivity index is 1.75. The second-order valence-corrected chi connectivity index (χ2v) is 5.56. The molecule has 5 nitrogen and oxygen atoms in total. The predicted octanol–water partition coefficient (Wildman–Crippen LogP) is 1.55. The number of nitrogens with one attached hydrogen (secondary N) is 2. The van der Waals surface area contributed by atoms with Gasteiger partial charge < -0.3 is 15.5 Å². The number of nitrogens with zero attached hydrogens (tertiary/aromatic N) is 3. The predicted molar refractivity (Wildman–Crippen MR) is 77.7 cm³/mol. The molecule has 0 aromatic carbocycles. The maximum atomic E-state index is 4.61. The lowest BCUT2D eigenvalue weighted by Crippen LogP contribution is -2.51. The molecule has 104 valence electrons. The van der Waals surface area contributed by atoms with Gasteiger partial charge in [-0.05, 0) is 19.8 Å². The van der Waals surface area contributed by atoms with Crippen LogP contribution in [0.4, 0.5) is 11.6 Å². The Morgan fingerprint density at radius 1 is 1.16 bits per heavy atom. The zero-order valence-electron chi connectivity index (χ0n) is 11.7. The van der Waals surface area contributed by atoms with Crippen LogP contribution in [0.1, 0.15) is 31.5 Å². The molecule has 0 atom stereocenters. The van der Waals surface area contributed by atoms with Gasteiger partial charge in [0.05, 0.1) is 6.04 Å². The topological polar surface area (TPSA) is 53.1 Å². The van der Waals surface area contributed by atoms with E-state index in [-0.39, 0.29) is 0 Å². The Morgan fingerprint density at radius 3 is 2.53 bits per heavy atom. The third-order valence-corrected chi connectivity index (χ3v) is 3.89. The summed E-state index contributed by atoms with van der Waals surface area (Å²) >= 11 is 0. The Labute approximate surface area is 114 Å². The molecular weight excluding hydrogens is 238 g/mol. The second kappa shape index (κ2) is 5.74. The van der Waals surface area contributed by atoms with Crippen LogP contribution >= 0.6 is 0 Å². The van der Waals surface area contributed by atoms with Gasteiger partial charge in [0.25, 0.3) is 0 Å². The lowest BCUT2D eigenvalue weighted by Gasteiger charge is -2.29. The van der Waals surface area contributed by atoms with Crippen molar-refractivity contribution in [3.05, 3.63) is 11.9 Å². The molecule has 0 aliphatic carbocycles. The van der Waals surface area contributed by atoms with Gasteiger partial charge in [0.2, 0.25) is 0 Å². The summed E-state index contributed by atoms with van der Waals surface area (Å²) in [6, 6.07) is 2.63. The fourth-order valence-electron chi connectivity index (χ4n) is 2.69. The summed E-state index contributed by atoms with van der Waals surface area (Å²) in [5.74, 6) is 2.92. The SMILES string of the molecule is Cc1nc(NC2CNC2)cc(N2CCCCCC2)n1. The van der Waals surface area contributed by atoms with E-state index in [1.807, 2.05) is 6.92 Å². The molecular formula is C14H23N5. The minimum Gasteiger partial charge on any atom is -0.365 e. The van der Waals surface area contributed by atoms with E-state index in [9.17, 15) is 0 Å². The van der Waals surface area contributed by atoms with Gasteiger partial charge in [-0.2, -0.15) is 0 Å². The van der Waals surface area contributed by atoms with Gasteiger partial charge in [-0.1, -0.05) is 12.8 Å². The van der Waals surface area contributed by atoms with Crippen molar-refractivity contribution in [2.24, 2.45) is 0 Å². The van der Waals surface area contributed by atoms with Crippen molar-refractivity contribution in [1.29, 1.82) is 0 Å². The number of hydrogen-bond donors (Lipinski definition) is 2. The third-order valence-electron chi connectivity index (χ3n) is 3.89. The zero-order chi connectivity index (χ0) is 13.1. The Kier molecular flexibility index (Phi) is 3.82. The zero-order valence-corrected chi connectivity index (χ0v) is 11.7. The summed E-state index contributed by atoms with van der Waals surface area (Å²) in [5, 5.41) is 6.74. The molecule has 0 amide bonds. The van der Waals surface area contributed by atoms with Gasteiger partial charge in [-0.15, -0.1) is 0 Å². The summed E-state index contributed by atoms with van der Waals surface area (Å²) in [7, 11) is 0. The molecule has 19 heavy (non-hydrogen) atoms. The average molecular weight is 261 g/mol. The first-order chi connectivity index (χ1) is 9.31. The average Bonchev–Trinajstić information content (AvgIpc) is 2.62. The number of anilines is 2. The van der Waals surface area contributed by atoms with Crippen molar-refractivity contribution in [2.75, 3.05) is 36.4 Å². The van der Waals surface area contributed by atoms with Crippen molar-refractivity contribution < 1.29 is 0 Å². The minimum atomic E-state index is 0.520. The number of aryl methyl sites for hydroxylation is 1. The Hall–Kier alpha value is -1.36. The highest BCUT2D eigenvalue weighted by molar-refractivity contribution is 5.50. The van der Waals surface area contributed by atoms with Gasteiger partial charge in [0, 0.05) is 32.2 Å². The van der Waals surface area contributed by atoms with E-state index in [0.717, 1.165) is 43.6 Å². The second-order valence-electron chi connectivity index (χ2n) is 5.56. The van der Waals surface area contributed by atoms with E-state index < -0.39 is 0 Å². The Morgan fingerprint density at radius 2 is 1.89 bits per heavy atom. The fourth-order valence-corrected chi connectivity index (χ4v) is 2.69. The molecule has 2 aliphatic rings. The molecule has 3 heterocycles. The molecule has 2 N–H and O–H groups in total. The van der Waals surface area contributed by atoms with Crippen LogP contribution in [0.25, 0.3) is 0 Å². The van der Waals surface area contributed by atoms with Crippen LogP contribution in [-0.4, -0.2) is 42.2 Å². The van der Waals surface area contributed by atoms with E-state index in [4.69, 9.17) is 0 Å². The first-order valence-electron chi connectivity index (χ1n) is 7.39. The monoisotopic (exact) mass is 261 g/mol. The van der Waals surface area contributed by atoms with Crippen LogP contribution in [0.5, 0.6) is 0 Å². The molecule has 1 aromatic heterocycles. The largest absolute Gasteiger partial charge is 0.365 e. The van der Waals surface area contributed by atoms with Crippen LogP contribution in [0.3, 0.4) is 0 Å². The summed E-state index contributed by atoms with van der Waals surface area (Å²) in [6.07, 6.45) is 5.25. The van der Waals surface area contributed by atoms with Crippen molar-refractivity contribution in [3.8, 4) is 0 Å². The molecule has 0 unspecified atom stereocenters. The lowest BCUT2D eigenvalue weighted by atomic mass is 10.2. The summed E-state index contributed by atoms with van der Waals surface area (Å²) < 4.78 is 0. The quantitative estimate of drug-likeness (QED) is 0.864. The van der Waals surface area contributed by atoms with E-state index >= 15 is 0 Å². The van der Waals surface area contributed by atoms with Crippen molar-refractivity contribution in [2.45, 2.75) is 38.6 Å². The highest BCUT2D eigenvalue weighted by atomic mass is 15.2. The highest BCUT2D eigenvalue weighted by Crippen LogP contribution is 2.20. The molecule has 2 fully saturated rings. The van der Waals surface area contributed by atoms with E-state index in [0.29, 0.717) is 6.04 Å². The van der Waals surface area contributed by atoms with Crippen LogP contribution in [0.2, 0.25) is 0 Å². The van der Waals surface area contributed by atoms with Gasteiger partial charge in [0.15, 0.2) is 0 Å². The van der Waals surface area contributed by atoms with Crippen molar-refractivity contribution in [1.82, 2.24) is 15.3 Å². The molecule has 0 bridgehead atoms. The lowest BCUT2D eigenvalue weighted by molar-refractivity contribution is 0.471. The van der Waals surface area contributed by atoms with Crippen LogP contribution in [0, 0.1) is 6.92 Å². The van der Waals surface area contributed by atoms with E-state index in [1.54, 1.807) is 0 Å². The van der Waals surface area contributed by atoms with Crippen LogP contribution in [-0.2, 0) is 0 Å². The smallest absolute Gasteiger partial charge is 0.134 e. The summed E-state index contributed by atoms with van der Waals surface area (Å²) in [5.41, 5.74) is 0. The molecule has 2 aliphatic heterocycles. The summed E-state index contributed by atoms with van der Waals surface area (Å²) in [4.78, 5) is 11.5. The van der Waals surface area contributed by atoms with Gasteiger partial charge >= 0.3 is 0 Å². The molecule has 0 saturated carbocycles. The van der Waals surface area contributed by atoms with E-state index in [1.165, 1.54) is 25.7 Å². The number of rotatable bonds is 3. The molecule has 0 radical (unpaired) electrons. The normalized spacial score (nSPS) is 20.8. The number of hydrogen-bond acceptors (Lipinski definition) is 5. The molecule has 0 spiro atoms. The highest BCUT2D eigenvalue weighted by Gasteiger charge is 2.18. The van der Waals surface area contributed by atoms with Gasteiger partial charge in [-0.3, -0.25) is 0 Å². The standard InChI is InChI=1S/C14H23N5/c1-11-16-13(18-12-9-15-10-12)8-14(17-11)19-6-4-2-3-5-7-19/h8,12,15H,2-7,9-10H2,1H3,(H,16,17,18). The maximum Gasteiger partial charge on any atom is 0.134 e. The first-order valence-corrected chi connectivity index (χ1v) is 7.39. The van der Waals surface area contributed by atoms with Gasteiger partial charge in [0.1, 0.15) is 17.5 Å². The molecule has 2 saturated heterocycles. The molecule has 5 heteroatoms. The minimum absolute atomic E-state index is 0.520. The van der Waals surface area contributed by atoms with Crippen LogP contribution in [0.15, 0.2) is 6.07 Å². The maximum absolute atomic E-state index is 4.61. The summed E-state index contributed by atoms with van der Waals surface area (Å²) in [6.45, 7) is 6.29. The number of aromatic nitrogens is 2. The van der Waals surface area contributed by atoms with Gasteiger partial charge in [-0.25, -0.2) is 9.97 Å². The van der Waals surface area contributed by atoms with E-state index in [2.05, 4.69) is 31.6 Å². The molecule has 1 aromatic rings. The molecule has 3 rings (SSSR count).